The van der Waals surface area contributed by atoms with Crippen LogP contribution in [0.3, 0.4) is 0 Å². The zero-order valence-corrected chi connectivity index (χ0v) is 10.3. The zero-order chi connectivity index (χ0) is 12.7. The molecule has 3 aromatic rings. The largest absolute Gasteiger partial charge is 0.497 e. The Morgan fingerprint density at radius 2 is 1.89 bits per heavy atom. The average molecular weight is 261 g/mol. The second-order valence-electron chi connectivity index (χ2n) is 3.93. The van der Waals surface area contributed by atoms with Gasteiger partial charge in [0.05, 0.1) is 17.9 Å². The summed E-state index contributed by atoms with van der Waals surface area (Å²) in [5.74, 6) is 0.652. The predicted molar refractivity (Wildman–Crippen MR) is 71.6 cm³/mol. The van der Waals surface area contributed by atoms with Crippen LogP contribution in [0.5, 0.6) is 5.75 Å². The third-order valence-electron chi connectivity index (χ3n) is 2.84. The first-order valence-corrected chi connectivity index (χ1v) is 5.77. The monoisotopic (exact) mass is 260 g/mol. The first-order valence-electron chi connectivity index (χ1n) is 5.39. The summed E-state index contributed by atoms with van der Waals surface area (Å²) < 4.78 is 10.8. The Hall–Kier alpha value is -2.00. The molecule has 18 heavy (non-hydrogen) atoms. The summed E-state index contributed by atoms with van der Waals surface area (Å²) in [4.78, 5) is 12.3. The van der Waals surface area contributed by atoms with E-state index in [9.17, 15) is 4.79 Å². The zero-order valence-electron chi connectivity index (χ0n) is 9.57. The van der Waals surface area contributed by atoms with Gasteiger partial charge >= 0.3 is 0 Å². The molecule has 0 aliphatic rings. The van der Waals surface area contributed by atoms with Gasteiger partial charge in [0, 0.05) is 11.1 Å². The number of rotatable bonds is 1. The van der Waals surface area contributed by atoms with E-state index in [1.54, 1.807) is 43.5 Å². The maximum absolute atomic E-state index is 12.3. The van der Waals surface area contributed by atoms with E-state index in [1.165, 1.54) is 0 Å². The highest BCUT2D eigenvalue weighted by Crippen LogP contribution is 2.24. The van der Waals surface area contributed by atoms with Gasteiger partial charge in [-0.05, 0) is 30.3 Å². The highest BCUT2D eigenvalue weighted by Gasteiger charge is 2.08. The number of halogens is 1. The summed E-state index contributed by atoms with van der Waals surface area (Å²) in [6.45, 7) is 0. The average Bonchev–Trinajstić information content (AvgIpc) is 2.39. The summed E-state index contributed by atoms with van der Waals surface area (Å²) in [7, 11) is 1.57. The maximum atomic E-state index is 12.3. The molecule has 0 spiro atoms. The lowest BCUT2D eigenvalue weighted by Crippen LogP contribution is -2.02. The number of benzene rings is 2. The van der Waals surface area contributed by atoms with Gasteiger partial charge in [-0.2, -0.15) is 0 Å². The molecule has 3 rings (SSSR count). The van der Waals surface area contributed by atoms with Gasteiger partial charge in [0.15, 0.2) is 0 Å². The lowest BCUT2D eigenvalue weighted by Gasteiger charge is -2.03. The Balaban J connectivity index is 2.48. The second-order valence-corrected chi connectivity index (χ2v) is 4.37. The summed E-state index contributed by atoms with van der Waals surface area (Å²) in [6.07, 6.45) is 0. The van der Waals surface area contributed by atoms with Crippen LogP contribution in [0, 0.1) is 0 Å². The molecule has 0 radical (unpaired) electrons. The van der Waals surface area contributed by atoms with Gasteiger partial charge in [0.25, 0.3) is 0 Å². The fourth-order valence-corrected chi connectivity index (χ4v) is 2.11. The van der Waals surface area contributed by atoms with Crippen molar-refractivity contribution in [3.8, 4) is 5.75 Å². The van der Waals surface area contributed by atoms with Crippen molar-refractivity contribution in [1.29, 1.82) is 0 Å². The van der Waals surface area contributed by atoms with Crippen molar-refractivity contribution in [2.75, 3.05) is 7.11 Å². The summed E-state index contributed by atoms with van der Waals surface area (Å²) in [6, 6.07) is 10.1. The van der Waals surface area contributed by atoms with Crippen LogP contribution in [-0.2, 0) is 0 Å². The van der Waals surface area contributed by atoms with E-state index in [4.69, 9.17) is 20.8 Å². The molecule has 4 heteroatoms. The van der Waals surface area contributed by atoms with Crippen LogP contribution in [0.15, 0.2) is 45.6 Å². The normalized spacial score (nSPS) is 11.0. The van der Waals surface area contributed by atoms with E-state index in [0.717, 1.165) is 0 Å². The van der Waals surface area contributed by atoms with E-state index >= 15 is 0 Å². The third-order valence-corrected chi connectivity index (χ3v) is 3.07. The Morgan fingerprint density at radius 3 is 2.67 bits per heavy atom. The minimum atomic E-state index is -0.0867. The lowest BCUT2D eigenvalue weighted by atomic mass is 10.1. The molecule has 90 valence electrons. The molecule has 1 aromatic heterocycles. The predicted octanol–water partition coefficient (Wildman–Crippen LogP) is 3.61. The molecule has 1 heterocycles. The molecule has 3 nitrogen and oxygen atoms in total. The van der Waals surface area contributed by atoms with E-state index in [-0.39, 0.29) is 5.43 Å². The second kappa shape index (κ2) is 4.03. The van der Waals surface area contributed by atoms with Crippen molar-refractivity contribution in [2.45, 2.75) is 0 Å². The molecule has 2 aromatic carbocycles. The van der Waals surface area contributed by atoms with Gasteiger partial charge in [0.1, 0.15) is 16.9 Å². The van der Waals surface area contributed by atoms with E-state index in [2.05, 4.69) is 0 Å². The van der Waals surface area contributed by atoms with E-state index < -0.39 is 0 Å². The van der Waals surface area contributed by atoms with Crippen molar-refractivity contribution in [3.05, 3.63) is 51.6 Å². The van der Waals surface area contributed by atoms with Crippen LogP contribution in [-0.4, -0.2) is 7.11 Å². The minimum absolute atomic E-state index is 0.0867. The van der Waals surface area contributed by atoms with Crippen LogP contribution in [0.2, 0.25) is 5.02 Å². The molecule has 0 bridgehead atoms. The highest BCUT2D eigenvalue weighted by atomic mass is 35.5. The number of hydrogen-bond acceptors (Lipinski definition) is 3. The molecule has 0 amide bonds. The van der Waals surface area contributed by atoms with Gasteiger partial charge in [-0.25, -0.2) is 0 Å². The van der Waals surface area contributed by atoms with E-state index in [0.29, 0.717) is 32.7 Å². The van der Waals surface area contributed by atoms with Crippen LogP contribution < -0.4 is 10.2 Å². The fourth-order valence-electron chi connectivity index (χ4n) is 1.93. The van der Waals surface area contributed by atoms with E-state index in [1.807, 2.05) is 0 Å². The molecule has 0 N–H and O–H groups in total. The Kier molecular flexibility index (Phi) is 2.49. The van der Waals surface area contributed by atoms with Gasteiger partial charge in [0.2, 0.25) is 5.43 Å². The first-order chi connectivity index (χ1) is 8.69. The van der Waals surface area contributed by atoms with Gasteiger partial charge in [-0.15, -0.1) is 0 Å². The van der Waals surface area contributed by atoms with Gasteiger partial charge in [-0.1, -0.05) is 11.6 Å². The maximum Gasteiger partial charge on any atom is 0.200 e. The SMILES string of the molecule is COc1ccc2c(=O)c3cc(Cl)ccc3oc2c1. The smallest absolute Gasteiger partial charge is 0.200 e. The Labute approximate surface area is 108 Å². The third kappa shape index (κ3) is 1.64. The highest BCUT2D eigenvalue weighted by molar-refractivity contribution is 6.31. The topological polar surface area (TPSA) is 39.4 Å². The van der Waals surface area contributed by atoms with Crippen LogP contribution in [0.4, 0.5) is 0 Å². The van der Waals surface area contributed by atoms with Crippen molar-refractivity contribution in [3.63, 3.8) is 0 Å². The molecular formula is C14H9ClO3. The fraction of sp³-hybridized carbons (Fsp3) is 0.0714. The molecule has 0 aliphatic heterocycles. The molecule has 0 aliphatic carbocycles. The molecule has 0 fully saturated rings. The number of hydrogen-bond donors (Lipinski definition) is 0. The molecule has 0 saturated carbocycles. The molecule has 0 unspecified atom stereocenters. The van der Waals surface area contributed by atoms with Crippen LogP contribution in [0.1, 0.15) is 0 Å². The van der Waals surface area contributed by atoms with Crippen LogP contribution in [0.25, 0.3) is 21.9 Å². The van der Waals surface area contributed by atoms with Crippen molar-refractivity contribution in [2.24, 2.45) is 0 Å². The molecule has 0 atom stereocenters. The number of fused-ring (bicyclic) bond motifs is 2. The standard InChI is InChI=1S/C14H9ClO3/c1-17-9-3-4-10-13(7-9)18-12-5-2-8(15)6-11(12)14(10)16/h2-7H,1H3. The Morgan fingerprint density at radius 1 is 1.06 bits per heavy atom. The van der Waals surface area contributed by atoms with Crippen LogP contribution >= 0.6 is 11.6 Å². The van der Waals surface area contributed by atoms with Gasteiger partial charge in [-0.3, -0.25) is 4.79 Å². The minimum Gasteiger partial charge on any atom is -0.497 e. The quantitative estimate of drug-likeness (QED) is 0.628. The van der Waals surface area contributed by atoms with Crippen molar-refractivity contribution >= 4 is 33.5 Å². The van der Waals surface area contributed by atoms with Crippen molar-refractivity contribution < 1.29 is 9.15 Å². The Bertz CT molecular complexity index is 805. The first kappa shape index (κ1) is 11.1. The summed E-state index contributed by atoms with van der Waals surface area (Å²) in [5.41, 5.74) is 0.940. The van der Waals surface area contributed by atoms with Gasteiger partial charge < -0.3 is 9.15 Å². The van der Waals surface area contributed by atoms with Crippen molar-refractivity contribution in [1.82, 2.24) is 0 Å². The number of methoxy groups -OCH3 is 1. The molecule has 0 saturated heterocycles. The number of ether oxygens (including phenoxy) is 1. The lowest BCUT2D eigenvalue weighted by molar-refractivity contribution is 0.414. The summed E-state index contributed by atoms with van der Waals surface area (Å²) >= 11 is 5.89. The summed E-state index contributed by atoms with van der Waals surface area (Å²) in [5, 5.41) is 1.52. The molecular weight excluding hydrogens is 252 g/mol.